The number of para-hydroxylation sites is 1. The number of nitrogens with one attached hydrogen (secondary N) is 1. The minimum Gasteiger partial charge on any atom is -0.464 e. The van der Waals surface area contributed by atoms with Crippen LogP contribution in [0.1, 0.15) is 66.2 Å². The Kier molecular flexibility index (Phi) is 9.70. The number of pyridine rings is 1. The van der Waals surface area contributed by atoms with Gasteiger partial charge in [0.15, 0.2) is 5.79 Å². The summed E-state index contributed by atoms with van der Waals surface area (Å²) in [5.41, 5.74) is -0.379. The molecule has 40 heavy (non-hydrogen) atoms. The van der Waals surface area contributed by atoms with Crippen LogP contribution in [-0.4, -0.2) is 53.8 Å². The van der Waals surface area contributed by atoms with Crippen LogP contribution in [-0.2, 0) is 32.8 Å². The van der Waals surface area contributed by atoms with E-state index >= 15 is 0 Å². The summed E-state index contributed by atoms with van der Waals surface area (Å²) in [6, 6.07) is 13.2. The summed E-state index contributed by atoms with van der Waals surface area (Å²) in [6.07, 6.45) is 1.96. The third-order valence-electron chi connectivity index (χ3n) is 7.22. The Morgan fingerprint density at radius 2 is 1.75 bits per heavy atom. The predicted molar refractivity (Wildman–Crippen MR) is 149 cm³/mol. The Labute approximate surface area is 236 Å². The fraction of sp³-hybridized carbons (Fsp3) is 0.586. The van der Waals surface area contributed by atoms with Crippen molar-refractivity contribution in [2.75, 3.05) is 13.2 Å². The second-order valence-electron chi connectivity index (χ2n) is 11.0. The number of hydrogen-bond acceptors (Lipinski definition) is 9. The molecule has 2 aromatic rings. The number of benzene rings is 1. The van der Waals surface area contributed by atoms with E-state index in [1.807, 2.05) is 58.9 Å². The lowest BCUT2D eigenvalue weighted by Gasteiger charge is -2.32. The van der Waals surface area contributed by atoms with Crippen LogP contribution >= 0.6 is 7.75 Å². The number of aromatic nitrogens is 1. The van der Waals surface area contributed by atoms with E-state index in [0.29, 0.717) is 18.1 Å². The van der Waals surface area contributed by atoms with E-state index in [-0.39, 0.29) is 12.5 Å². The molecule has 0 radical (unpaired) electrons. The Bertz CT molecular complexity index is 1160. The number of carbonyl (C=O) groups excluding carboxylic acids is 1. The van der Waals surface area contributed by atoms with E-state index in [9.17, 15) is 9.36 Å². The maximum atomic E-state index is 14.1. The van der Waals surface area contributed by atoms with Crippen molar-refractivity contribution < 1.29 is 37.4 Å². The topological polar surface area (TPSA) is 114 Å². The van der Waals surface area contributed by atoms with Gasteiger partial charge in [0.2, 0.25) is 0 Å². The number of ether oxygens (including phenoxy) is 4. The predicted octanol–water partition coefficient (Wildman–Crippen LogP) is 5.59. The molecule has 2 aliphatic heterocycles. The van der Waals surface area contributed by atoms with Crippen molar-refractivity contribution in [1.29, 1.82) is 0 Å². The molecule has 3 heterocycles. The zero-order chi connectivity index (χ0) is 29.0. The molecule has 0 amide bonds. The third kappa shape index (κ3) is 7.29. The highest BCUT2D eigenvalue weighted by Crippen LogP contribution is 2.52. The molecule has 4 rings (SSSR count). The second-order valence-corrected chi connectivity index (χ2v) is 12.7. The zero-order valence-electron chi connectivity index (χ0n) is 24.1. The van der Waals surface area contributed by atoms with Crippen LogP contribution < -0.4 is 9.61 Å². The fourth-order valence-corrected chi connectivity index (χ4v) is 6.44. The van der Waals surface area contributed by atoms with Gasteiger partial charge in [-0.05, 0) is 57.9 Å². The molecule has 0 aliphatic carbocycles. The molecule has 2 fully saturated rings. The van der Waals surface area contributed by atoms with Crippen LogP contribution in [0.15, 0.2) is 54.7 Å². The van der Waals surface area contributed by atoms with Crippen molar-refractivity contribution >= 4 is 13.7 Å². The summed E-state index contributed by atoms with van der Waals surface area (Å²) in [5.74, 6) is -0.820. The van der Waals surface area contributed by atoms with Crippen molar-refractivity contribution in [3.63, 3.8) is 0 Å². The molecular formula is C29H41N2O8P. The maximum Gasteiger partial charge on any atom is 0.459 e. The van der Waals surface area contributed by atoms with Crippen LogP contribution in [0.5, 0.6) is 5.75 Å². The molecule has 1 N–H and O–H groups in total. The van der Waals surface area contributed by atoms with Gasteiger partial charge in [-0.25, -0.2) is 4.57 Å². The molecule has 6 atom stereocenters. The molecule has 0 bridgehead atoms. The lowest BCUT2D eigenvalue weighted by atomic mass is 9.97. The Hall–Kier alpha value is -2.33. The van der Waals surface area contributed by atoms with Crippen LogP contribution in [0.3, 0.4) is 0 Å². The minimum atomic E-state index is -4.11. The normalized spacial score (nSPS) is 27.6. The maximum absolute atomic E-state index is 14.1. The lowest BCUT2D eigenvalue weighted by molar-refractivity contribution is -0.212. The second kappa shape index (κ2) is 12.7. The van der Waals surface area contributed by atoms with Gasteiger partial charge in [-0.15, -0.1) is 0 Å². The van der Waals surface area contributed by atoms with Crippen molar-refractivity contribution in [3.05, 3.63) is 60.4 Å². The highest BCUT2D eigenvalue weighted by Gasteiger charge is 2.62. The molecule has 0 spiro atoms. The van der Waals surface area contributed by atoms with Gasteiger partial charge >= 0.3 is 13.7 Å². The first kappa shape index (κ1) is 30.6. The summed E-state index contributed by atoms with van der Waals surface area (Å²) < 4.78 is 50.3. The fourth-order valence-electron chi connectivity index (χ4n) is 4.86. The van der Waals surface area contributed by atoms with E-state index < -0.39 is 49.5 Å². The molecule has 11 heteroatoms. The zero-order valence-corrected chi connectivity index (χ0v) is 25.0. The van der Waals surface area contributed by atoms with Gasteiger partial charge in [0.05, 0.1) is 18.9 Å². The number of nitrogens with zero attached hydrogens (tertiary/aromatic N) is 1. The quantitative estimate of drug-likeness (QED) is 0.239. The SMILES string of the molecule is CCC(CC)COC(=O)[C@H](C)NP(=O)(OCC1(C)OC(c2ccccn2)[C@@H]2OC(C)(C)O[C@@H]21)Oc1ccccc1. The molecule has 2 aliphatic rings. The van der Waals surface area contributed by atoms with E-state index in [1.54, 1.807) is 37.4 Å². The monoisotopic (exact) mass is 576 g/mol. The average Bonchev–Trinajstić information content (AvgIpc) is 3.40. The van der Waals surface area contributed by atoms with E-state index in [4.69, 9.17) is 28.0 Å². The van der Waals surface area contributed by atoms with Gasteiger partial charge in [0.1, 0.15) is 35.7 Å². The summed E-state index contributed by atoms with van der Waals surface area (Å²) in [7, 11) is -4.11. The standard InChI is InChI=1S/C29H41N2O8P/c1-7-21(8-2)18-34-27(32)20(3)31-40(33,39-22-14-10-9-11-15-22)35-19-29(6)26-25(36-28(4,5)38-26)24(37-29)23-16-12-13-17-30-23/h9-17,20-21,24-26H,7-8,18-19H2,1-6H3,(H,31,33)/t20-,24?,25-,26-,29?,40?/m0/s1. The van der Waals surface area contributed by atoms with Gasteiger partial charge in [-0.1, -0.05) is 51.0 Å². The third-order valence-corrected chi connectivity index (χ3v) is 8.84. The minimum absolute atomic E-state index is 0.177. The summed E-state index contributed by atoms with van der Waals surface area (Å²) in [6.45, 7) is 11.3. The van der Waals surface area contributed by atoms with Crippen molar-refractivity contribution in [2.24, 2.45) is 5.92 Å². The molecule has 2 saturated heterocycles. The average molecular weight is 577 g/mol. The summed E-state index contributed by atoms with van der Waals surface area (Å²) in [5, 5.41) is 2.76. The van der Waals surface area contributed by atoms with Crippen molar-refractivity contribution in [2.45, 2.75) is 90.1 Å². The Balaban J connectivity index is 1.52. The summed E-state index contributed by atoms with van der Waals surface area (Å²) in [4.78, 5) is 17.2. The Morgan fingerprint density at radius 3 is 2.40 bits per heavy atom. The Morgan fingerprint density at radius 1 is 1.05 bits per heavy atom. The van der Waals surface area contributed by atoms with Crippen LogP contribution in [0, 0.1) is 5.92 Å². The smallest absolute Gasteiger partial charge is 0.459 e. The van der Waals surface area contributed by atoms with Gasteiger partial charge < -0.3 is 23.5 Å². The largest absolute Gasteiger partial charge is 0.464 e. The molecule has 1 aromatic heterocycles. The molecule has 220 valence electrons. The molecule has 0 saturated carbocycles. The van der Waals surface area contributed by atoms with Crippen LogP contribution in [0.25, 0.3) is 0 Å². The van der Waals surface area contributed by atoms with Crippen LogP contribution in [0.2, 0.25) is 0 Å². The first-order valence-electron chi connectivity index (χ1n) is 13.9. The number of hydrogen-bond donors (Lipinski definition) is 1. The number of carbonyl (C=O) groups is 1. The summed E-state index contributed by atoms with van der Waals surface area (Å²) >= 11 is 0. The van der Waals surface area contributed by atoms with Crippen LogP contribution in [0.4, 0.5) is 0 Å². The number of fused-ring (bicyclic) bond motifs is 1. The number of rotatable bonds is 13. The van der Waals surface area contributed by atoms with Gasteiger partial charge in [0, 0.05) is 6.20 Å². The van der Waals surface area contributed by atoms with E-state index in [1.165, 1.54) is 0 Å². The molecule has 1 aromatic carbocycles. The lowest BCUT2D eigenvalue weighted by Crippen LogP contribution is -2.45. The first-order chi connectivity index (χ1) is 19.0. The van der Waals surface area contributed by atoms with Crippen molar-refractivity contribution in [3.8, 4) is 5.75 Å². The molecule has 10 nitrogen and oxygen atoms in total. The first-order valence-corrected chi connectivity index (χ1v) is 15.4. The van der Waals surface area contributed by atoms with Gasteiger partial charge in [0.25, 0.3) is 0 Å². The molecular weight excluding hydrogens is 535 g/mol. The van der Waals surface area contributed by atoms with Gasteiger partial charge in [-0.2, -0.15) is 5.09 Å². The number of esters is 1. The molecule has 3 unspecified atom stereocenters. The highest BCUT2D eigenvalue weighted by molar-refractivity contribution is 7.52. The van der Waals surface area contributed by atoms with E-state index in [0.717, 1.165) is 12.8 Å². The van der Waals surface area contributed by atoms with E-state index in [2.05, 4.69) is 10.1 Å². The highest BCUT2D eigenvalue weighted by atomic mass is 31.2. The van der Waals surface area contributed by atoms with Crippen molar-refractivity contribution in [1.82, 2.24) is 10.1 Å². The van der Waals surface area contributed by atoms with Gasteiger partial charge in [-0.3, -0.25) is 14.3 Å².